The van der Waals surface area contributed by atoms with Crippen LogP contribution in [-0.2, 0) is 6.54 Å². The molecule has 2 saturated heterocycles. The van der Waals surface area contributed by atoms with Crippen LogP contribution < -0.4 is 0 Å². The van der Waals surface area contributed by atoms with E-state index in [1.54, 1.807) is 0 Å². The predicted molar refractivity (Wildman–Crippen MR) is 95.4 cm³/mol. The lowest BCUT2D eigenvalue weighted by atomic mass is 9.83. The van der Waals surface area contributed by atoms with Gasteiger partial charge >= 0.3 is 0 Å². The third-order valence-corrected chi connectivity index (χ3v) is 6.00. The summed E-state index contributed by atoms with van der Waals surface area (Å²) in [6.07, 6.45) is 5.35. The Morgan fingerprint density at radius 1 is 1.09 bits per heavy atom. The van der Waals surface area contributed by atoms with Gasteiger partial charge in [-0.25, -0.2) is 0 Å². The minimum absolute atomic E-state index is 0.443. The van der Waals surface area contributed by atoms with Crippen molar-refractivity contribution in [3.8, 4) is 0 Å². The molecule has 0 amide bonds. The highest BCUT2D eigenvalue weighted by molar-refractivity contribution is 5.16. The summed E-state index contributed by atoms with van der Waals surface area (Å²) in [7, 11) is 0. The summed E-state index contributed by atoms with van der Waals surface area (Å²) in [5.74, 6) is 0. The average Bonchev–Trinajstić information content (AvgIpc) is 2.81. The molecule has 2 fully saturated rings. The monoisotopic (exact) mass is 316 g/mol. The molecule has 0 saturated carbocycles. The van der Waals surface area contributed by atoms with Gasteiger partial charge in [0.2, 0.25) is 0 Å². The first-order valence-electron chi connectivity index (χ1n) is 9.38. The predicted octanol–water partition coefficient (Wildman–Crippen LogP) is 3.28. The summed E-state index contributed by atoms with van der Waals surface area (Å²) >= 11 is 0. The molecule has 1 N–H and O–H groups in total. The molecule has 2 aliphatic heterocycles. The Morgan fingerprint density at radius 3 is 2.26 bits per heavy atom. The van der Waals surface area contributed by atoms with Crippen molar-refractivity contribution in [1.29, 1.82) is 0 Å². The van der Waals surface area contributed by atoms with Gasteiger partial charge in [0, 0.05) is 25.2 Å². The number of fused-ring (bicyclic) bond motifs is 2. The summed E-state index contributed by atoms with van der Waals surface area (Å²) in [6.45, 7) is 8.66. The van der Waals surface area contributed by atoms with Crippen molar-refractivity contribution >= 4 is 0 Å². The first-order chi connectivity index (χ1) is 11.1. The molecule has 2 bridgehead atoms. The second-order valence-corrected chi connectivity index (χ2v) is 7.45. The van der Waals surface area contributed by atoms with Crippen LogP contribution in [0.2, 0.25) is 0 Å². The summed E-state index contributed by atoms with van der Waals surface area (Å²) < 4.78 is 0. The van der Waals surface area contributed by atoms with E-state index in [1.807, 2.05) is 0 Å². The molecule has 1 aromatic carbocycles. The van der Waals surface area contributed by atoms with Crippen LogP contribution in [0.15, 0.2) is 30.3 Å². The van der Waals surface area contributed by atoms with Crippen LogP contribution in [0.1, 0.15) is 51.5 Å². The Kier molecular flexibility index (Phi) is 5.40. The molecule has 128 valence electrons. The van der Waals surface area contributed by atoms with Crippen molar-refractivity contribution < 1.29 is 5.11 Å². The highest BCUT2D eigenvalue weighted by atomic mass is 16.3. The maximum atomic E-state index is 11.1. The molecule has 2 aliphatic rings. The SMILES string of the molecule is CCN(CC)CCC1(O)CC2CCC(C1)N2Cc1ccccc1. The van der Waals surface area contributed by atoms with Crippen LogP contribution in [0.4, 0.5) is 0 Å². The van der Waals surface area contributed by atoms with Crippen molar-refractivity contribution in [1.82, 2.24) is 9.80 Å². The second-order valence-electron chi connectivity index (χ2n) is 7.45. The Labute approximate surface area is 141 Å². The van der Waals surface area contributed by atoms with Gasteiger partial charge in [0.15, 0.2) is 0 Å². The lowest BCUT2D eigenvalue weighted by Gasteiger charge is -2.44. The Bertz CT molecular complexity index is 472. The number of hydrogen-bond acceptors (Lipinski definition) is 3. The molecule has 2 heterocycles. The topological polar surface area (TPSA) is 26.7 Å². The fourth-order valence-corrected chi connectivity index (χ4v) is 4.58. The van der Waals surface area contributed by atoms with E-state index in [1.165, 1.54) is 18.4 Å². The molecule has 0 radical (unpaired) electrons. The fourth-order valence-electron chi connectivity index (χ4n) is 4.58. The summed E-state index contributed by atoms with van der Waals surface area (Å²) in [5.41, 5.74) is 0.958. The minimum atomic E-state index is -0.443. The van der Waals surface area contributed by atoms with Crippen LogP contribution in [0, 0.1) is 0 Å². The molecular weight excluding hydrogens is 284 g/mol. The average molecular weight is 316 g/mol. The standard InChI is InChI=1S/C20H32N2O/c1-3-21(4-2)13-12-20(23)14-18-10-11-19(15-20)22(18)16-17-8-6-5-7-9-17/h5-9,18-19,23H,3-4,10-16H2,1-2H3. The molecule has 1 aromatic rings. The van der Waals surface area contributed by atoms with Crippen molar-refractivity contribution in [3.05, 3.63) is 35.9 Å². The summed E-state index contributed by atoms with van der Waals surface area (Å²) in [4.78, 5) is 5.08. The van der Waals surface area contributed by atoms with E-state index >= 15 is 0 Å². The number of piperidine rings is 1. The van der Waals surface area contributed by atoms with E-state index in [0.717, 1.165) is 45.4 Å². The first kappa shape index (κ1) is 16.9. The van der Waals surface area contributed by atoms with Crippen molar-refractivity contribution in [3.63, 3.8) is 0 Å². The number of benzene rings is 1. The summed E-state index contributed by atoms with van der Waals surface area (Å²) in [5, 5.41) is 11.1. The summed E-state index contributed by atoms with van der Waals surface area (Å²) in [6, 6.07) is 11.9. The van der Waals surface area contributed by atoms with E-state index in [-0.39, 0.29) is 0 Å². The highest BCUT2D eigenvalue weighted by Crippen LogP contribution is 2.43. The zero-order chi connectivity index (χ0) is 16.3. The molecule has 2 unspecified atom stereocenters. The zero-order valence-corrected chi connectivity index (χ0v) is 14.7. The number of aliphatic hydroxyl groups is 1. The zero-order valence-electron chi connectivity index (χ0n) is 14.7. The largest absolute Gasteiger partial charge is 0.390 e. The van der Waals surface area contributed by atoms with Gasteiger partial charge in [-0.1, -0.05) is 44.2 Å². The van der Waals surface area contributed by atoms with Crippen molar-refractivity contribution in [2.45, 2.75) is 70.2 Å². The normalized spacial score (nSPS) is 31.0. The van der Waals surface area contributed by atoms with Crippen LogP contribution in [-0.4, -0.2) is 52.2 Å². The third-order valence-electron chi connectivity index (χ3n) is 6.00. The van der Waals surface area contributed by atoms with Gasteiger partial charge in [0.25, 0.3) is 0 Å². The second kappa shape index (κ2) is 7.33. The van der Waals surface area contributed by atoms with E-state index in [2.05, 4.69) is 54.0 Å². The van der Waals surface area contributed by atoms with Crippen molar-refractivity contribution in [2.24, 2.45) is 0 Å². The van der Waals surface area contributed by atoms with Gasteiger partial charge in [0.1, 0.15) is 0 Å². The quantitative estimate of drug-likeness (QED) is 0.836. The van der Waals surface area contributed by atoms with E-state index in [4.69, 9.17) is 0 Å². The molecule has 0 spiro atoms. The molecular formula is C20H32N2O. The Morgan fingerprint density at radius 2 is 1.70 bits per heavy atom. The minimum Gasteiger partial charge on any atom is -0.390 e. The van der Waals surface area contributed by atoms with Crippen LogP contribution >= 0.6 is 0 Å². The Balaban J connectivity index is 1.60. The van der Waals surface area contributed by atoms with E-state index in [9.17, 15) is 5.11 Å². The van der Waals surface area contributed by atoms with Crippen LogP contribution in [0.3, 0.4) is 0 Å². The van der Waals surface area contributed by atoms with E-state index < -0.39 is 5.60 Å². The molecule has 3 rings (SSSR count). The maximum absolute atomic E-state index is 11.1. The molecule has 23 heavy (non-hydrogen) atoms. The molecule has 3 nitrogen and oxygen atoms in total. The van der Waals surface area contributed by atoms with Gasteiger partial charge < -0.3 is 10.0 Å². The smallest absolute Gasteiger partial charge is 0.0689 e. The van der Waals surface area contributed by atoms with Crippen LogP contribution in [0.5, 0.6) is 0 Å². The van der Waals surface area contributed by atoms with Gasteiger partial charge in [-0.05, 0) is 50.8 Å². The number of hydrogen-bond donors (Lipinski definition) is 1. The van der Waals surface area contributed by atoms with Gasteiger partial charge in [-0.2, -0.15) is 0 Å². The lowest BCUT2D eigenvalue weighted by Crippen LogP contribution is -2.51. The molecule has 3 heteroatoms. The van der Waals surface area contributed by atoms with Gasteiger partial charge in [-0.3, -0.25) is 4.90 Å². The number of nitrogens with zero attached hydrogens (tertiary/aromatic N) is 2. The molecule has 0 aromatic heterocycles. The Hall–Kier alpha value is -0.900. The van der Waals surface area contributed by atoms with Gasteiger partial charge in [-0.15, -0.1) is 0 Å². The molecule has 0 aliphatic carbocycles. The van der Waals surface area contributed by atoms with Gasteiger partial charge in [0.05, 0.1) is 5.60 Å². The number of rotatable bonds is 7. The lowest BCUT2D eigenvalue weighted by molar-refractivity contribution is -0.0637. The first-order valence-corrected chi connectivity index (χ1v) is 9.38. The highest BCUT2D eigenvalue weighted by Gasteiger charge is 2.47. The van der Waals surface area contributed by atoms with Crippen molar-refractivity contribution in [2.75, 3.05) is 19.6 Å². The maximum Gasteiger partial charge on any atom is 0.0689 e. The fraction of sp³-hybridized carbons (Fsp3) is 0.700. The molecule has 2 atom stereocenters. The third kappa shape index (κ3) is 3.96. The van der Waals surface area contributed by atoms with E-state index in [0.29, 0.717) is 12.1 Å². The van der Waals surface area contributed by atoms with Crippen LogP contribution in [0.25, 0.3) is 0 Å².